The summed E-state index contributed by atoms with van der Waals surface area (Å²) in [6.45, 7) is 1.09. The van der Waals surface area contributed by atoms with Crippen LogP contribution in [0.5, 0.6) is 5.88 Å². The number of ether oxygens (including phenoxy) is 1. The highest BCUT2D eigenvalue weighted by Gasteiger charge is 2.40. The fourth-order valence-corrected chi connectivity index (χ4v) is 2.67. The molecule has 0 unspecified atom stereocenters. The summed E-state index contributed by atoms with van der Waals surface area (Å²) in [5.41, 5.74) is -0.0830. The van der Waals surface area contributed by atoms with E-state index in [9.17, 15) is 15.0 Å². The van der Waals surface area contributed by atoms with E-state index in [0.29, 0.717) is 23.3 Å². The smallest absolute Gasteiger partial charge is 0.201 e. The van der Waals surface area contributed by atoms with Gasteiger partial charge in [0.2, 0.25) is 5.88 Å². The third-order valence-electron chi connectivity index (χ3n) is 4.00. The van der Waals surface area contributed by atoms with Gasteiger partial charge in [0.05, 0.1) is 17.7 Å². The van der Waals surface area contributed by atoms with Gasteiger partial charge in [-0.2, -0.15) is 0 Å². The zero-order valence-electron chi connectivity index (χ0n) is 11.5. The maximum absolute atomic E-state index is 12.5. The van der Waals surface area contributed by atoms with E-state index >= 15 is 0 Å². The standard InChI is InChI=1S/C15H17NO4/c1-15(19,8-17)12-7-10-13(18)9-5-3-4-6-11(9)16(2)14(10)20-12/h3-6,12,17,19H,7-8H2,1-2H3/t12-,15+/m0/s1. The highest BCUT2D eigenvalue weighted by Crippen LogP contribution is 2.32. The number of hydrogen-bond donors (Lipinski definition) is 2. The number of aryl methyl sites for hydroxylation is 1. The number of aromatic nitrogens is 1. The van der Waals surface area contributed by atoms with Crippen molar-refractivity contribution in [1.82, 2.24) is 4.57 Å². The minimum absolute atomic E-state index is 0.0649. The number of nitrogens with zero attached hydrogens (tertiary/aromatic N) is 1. The molecule has 2 heterocycles. The van der Waals surface area contributed by atoms with Crippen LogP contribution < -0.4 is 10.2 Å². The molecule has 0 saturated carbocycles. The maximum Gasteiger partial charge on any atom is 0.201 e. The first-order valence-corrected chi connectivity index (χ1v) is 6.56. The lowest BCUT2D eigenvalue weighted by Crippen LogP contribution is -2.45. The molecule has 1 aromatic carbocycles. The van der Waals surface area contributed by atoms with Crippen molar-refractivity contribution in [3.05, 3.63) is 40.1 Å². The summed E-state index contributed by atoms with van der Waals surface area (Å²) in [6, 6.07) is 7.34. The van der Waals surface area contributed by atoms with Crippen molar-refractivity contribution in [2.75, 3.05) is 6.61 Å². The summed E-state index contributed by atoms with van der Waals surface area (Å²) < 4.78 is 7.55. The molecule has 0 saturated heterocycles. The van der Waals surface area contributed by atoms with Gasteiger partial charge in [-0.1, -0.05) is 12.1 Å². The molecule has 0 bridgehead atoms. The highest BCUT2D eigenvalue weighted by molar-refractivity contribution is 5.81. The molecule has 1 aliphatic heterocycles. The number of aliphatic hydroxyl groups is 2. The van der Waals surface area contributed by atoms with Gasteiger partial charge in [-0.3, -0.25) is 4.79 Å². The molecular weight excluding hydrogens is 258 g/mol. The van der Waals surface area contributed by atoms with Gasteiger partial charge in [-0.15, -0.1) is 0 Å². The van der Waals surface area contributed by atoms with Crippen molar-refractivity contribution in [2.45, 2.75) is 25.0 Å². The van der Waals surface area contributed by atoms with E-state index < -0.39 is 18.3 Å². The third kappa shape index (κ3) is 1.74. The van der Waals surface area contributed by atoms with Crippen LogP contribution in [0.15, 0.2) is 29.1 Å². The molecule has 0 aliphatic carbocycles. The zero-order chi connectivity index (χ0) is 14.5. The number of rotatable bonds is 2. The van der Waals surface area contributed by atoms with Gasteiger partial charge < -0.3 is 19.5 Å². The molecule has 2 N–H and O–H groups in total. The van der Waals surface area contributed by atoms with Crippen LogP contribution in [0, 0.1) is 0 Å². The van der Waals surface area contributed by atoms with Crippen molar-refractivity contribution in [3.63, 3.8) is 0 Å². The van der Waals surface area contributed by atoms with E-state index in [1.165, 1.54) is 6.92 Å². The van der Waals surface area contributed by atoms with Gasteiger partial charge in [0.15, 0.2) is 5.43 Å². The Morgan fingerprint density at radius 2 is 2.15 bits per heavy atom. The lowest BCUT2D eigenvalue weighted by Gasteiger charge is -2.27. The van der Waals surface area contributed by atoms with Crippen LogP contribution in [0.25, 0.3) is 10.9 Å². The molecule has 1 aromatic heterocycles. The second-order valence-electron chi connectivity index (χ2n) is 5.51. The average Bonchev–Trinajstić information content (AvgIpc) is 2.91. The van der Waals surface area contributed by atoms with Gasteiger partial charge in [-0.25, -0.2) is 0 Å². The molecule has 3 rings (SSSR count). The summed E-state index contributed by atoms with van der Waals surface area (Å²) in [6.07, 6.45) is -0.307. The Morgan fingerprint density at radius 1 is 1.45 bits per heavy atom. The van der Waals surface area contributed by atoms with E-state index in [-0.39, 0.29) is 5.43 Å². The topological polar surface area (TPSA) is 71.7 Å². The normalized spacial score (nSPS) is 20.5. The Labute approximate surface area is 116 Å². The van der Waals surface area contributed by atoms with Crippen molar-refractivity contribution in [1.29, 1.82) is 0 Å². The first-order valence-electron chi connectivity index (χ1n) is 6.56. The van der Waals surface area contributed by atoms with Crippen LogP contribution in [0.4, 0.5) is 0 Å². The van der Waals surface area contributed by atoms with Crippen LogP contribution in [0.2, 0.25) is 0 Å². The van der Waals surface area contributed by atoms with Crippen molar-refractivity contribution in [3.8, 4) is 5.88 Å². The van der Waals surface area contributed by atoms with E-state index in [1.807, 2.05) is 29.8 Å². The predicted molar refractivity (Wildman–Crippen MR) is 75.0 cm³/mol. The van der Waals surface area contributed by atoms with Gasteiger partial charge >= 0.3 is 0 Å². The second-order valence-corrected chi connectivity index (χ2v) is 5.51. The number of para-hydroxylation sites is 1. The van der Waals surface area contributed by atoms with Crippen molar-refractivity contribution in [2.24, 2.45) is 7.05 Å². The predicted octanol–water partition coefficient (Wildman–Crippen LogP) is 0.585. The van der Waals surface area contributed by atoms with E-state index in [2.05, 4.69) is 0 Å². The Morgan fingerprint density at radius 3 is 2.85 bits per heavy atom. The van der Waals surface area contributed by atoms with E-state index in [1.54, 1.807) is 6.07 Å². The number of fused-ring (bicyclic) bond motifs is 2. The number of benzene rings is 1. The summed E-state index contributed by atoms with van der Waals surface area (Å²) in [5, 5.41) is 20.0. The number of aliphatic hydroxyl groups excluding tert-OH is 1. The SMILES string of the molecule is Cn1c2c(c(=O)c3ccccc31)C[C@@H]([C@](C)(O)CO)O2. The molecule has 5 nitrogen and oxygen atoms in total. The van der Waals surface area contributed by atoms with E-state index in [0.717, 1.165) is 5.52 Å². The minimum Gasteiger partial charge on any atom is -0.472 e. The molecule has 0 radical (unpaired) electrons. The summed E-state index contributed by atoms with van der Waals surface area (Å²) in [5.74, 6) is 0.479. The Bertz CT molecular complexity index is 732. The summed E-state index contributed by atoms with van der Waals surface area (Å²) >= 11 is 0. The largest absolute Gasteiger partial charge is 0.472 e. The molecule has 106 valence electrons. The first kappa shape index (κ1) is 13.1. The van der Waals surface area contributed by atoms with Gasteiger partial charge in [0.25, 0.3) is 0 Å². The molecule has 0 spiro atoms. The molecule has 2 aromatic rings. The molecule has 20 heavy (non-hydrogen) atoms. The maximum atomic E-state index is 12.5. The van der Waals surface area contributed by atoms with Crippen molar-refractivity contribution < 1.29 is 14.9 Å². The quantitative estimate of drug-likeness (QED) is 0.841. The fraction of sp³-hybridized carbons (Fsp3) is 0.400. The summed E-state index contributed by atoms with van der Waals surface area (Å²) in [7, 11) is 1.83. The minimum atomic E-state index is -1.37. The molecule has 1 aliphatic rings. The first-order chi connectivity index (χ1) is 9.45. The Hall–Kier alpha value is -1.85. The zero-order valence-corrected chi connectivity index (χ0v) is 11.5. The van der Waals surface area contributed by atoms with Crippen LogP contribution in [-0.4, -0.2) is 33.1 Å². The van der Waals surface area contributed by atoms with Crippen LogP contribution in [-0.2, 0) is 13.5 Å². The molecular formula is C15H17NO4. The molecule has 2 atom stereocenters. The third-order valence-corrected chi connectivity index (χ3v) is 4.00. The lowest BCUT2D eigenvalue weighted by atomic mass is 9.96. The van der Waals surface area contributed by atoms with Gasteiger partial charge in [-0.05, 0) is 19.1 Å². The fourth-order valence-electron chi connectivity index (χ4n) is 2.67. The molecule has 5 heteroatoms. The van der Waals surface area contributed by atoms with Crippen molar-refractivity contribution >= 4 is 10.9 Å². The van der Waals surface area contributed by atoms with Crippen LogP contribution in [0.1, 0.15) is 12.5 Å². The Balaban J connectivity index is 2.20. The van der Waals surface area contributed by atoms with Gasteiger partial charge in [0, 0.05) is 18.9 Å². The van der Waals surface area contributed by atoms with Crippen LogP contribution >= 0.6 is 0 Å². The van der Waals surface area contributed by atoms with Crippen LogP contribution in [0.3, 0.4) is 0 Å². The average molecular weight is 275 g/mol. The molecule has 0 amide bonds. The second kappa shape index (κ2) is 4.33. The number of hydrogen-bond acceptors (Lipinski definition) is 4. The monoisotopic (exact) mass is 275 g/mol. The molecule has 0 fully saturated rings. The van der Waals surface area contributed by atoms with E-state index in [4.69, 9.17) is 4.74 Å². The number of pyridine rings is 1. The highest BCUT2D eigenvalue weighted by atomic mass is 16.5. The lowest BCUT2D eigenvalue weighted by molar-refractivity contribution is -0.0744. The summed E-state index contributed by atoms with van der Waals surface area (Å²) in [4.78, 5) is 12.5. The Kier molecular flexibility index (Phi) is 2.84. The van der Waals surface area contributed by atoms with Gasteiger partial charge in [0.1, 0.15) is 11.7 Å².